The van der Waals surface area contributed by atoms with Crippen LogP contribution in [0.4, 0.5) is 52.7 Å². The summed E-state index contributed by atoms with van der Waals surface area (Å²) in [6, 6.07) is 10.8. The highest BCUT2D eigenvalue weighted by Gasteiger charge is 2.25. The Morgan fingerprint density at radius 2 is 0.812 bits per heavy atom. The van der Waals surface area contributed by atoms with E-state index in [1.165, 1.54) is 52.2 Å². The van der Waals surface area contributed by atoms with Crippen molar-refractivity contribution in [2.45, 2.75) is 27.7 Å². The number of halogens is 17. The van der Waals surface area contributed by atoms with Crippen LogP contribution in [-0.4, -0.2) is 58.4 Å². The molecule has 4 aromatic carbocycles. The molecule has 8 heterocycles. The number of benzene rings is 4. The van der Waals surface area contributed by atoms with Crippen molar-refractivity contribution in [3.05, 3.63) is 221 Å². The molecule has 0 bridgehead atoms. The fraction of sp³-hybridized carbons (Fsp3) is 0.0769. The molecule has 8 aromatic heterocycles. The molecule has 12 aromatic rings. The smallest absolute Gasteiger partial charge is 0.306 e. The molecule has 2 N–H and O–H groups in total. The molecule has 0 unspecified atom stereocenters. The van der Waals surface area contributed by atoms with Crippen LogP contribution in [0, 0.1) is 97.5 Å². The number of rotatable bonds is 4. The Balaban J connectivity index is 0.000000144. The van der Waals surface area contributed by atoms with Crippen LogP contribution in [0.25, 0.3) is 67.1 Å². The van der Waals surface area contributed by atoms with Gasteiger partial charge in [-0.25, -0.2) is 85.7 Å². The van der Waals surface area contributed by atoms with Gasteiger partial charge < -0.3 is 4.98 Å². The summed E-state index contributed by atoms with van der Waals surface area (Å²) >= 11 is 26.0. The van der Waals surface area contributed by atoms with E-state index in [0.29, 0.717) is 82.5 Å². The van der Waals surface area contributed by atoms with Crippen molar-refractivity contribution in [2.75, 3.05) is 0 Å². The lowest BCUT2D eigenvalue weighted by molar-refractivity contribution is 0.546. The number of hydrogen-bond donors (Lipinski definition) is 2. The molecule has 0 aliphatic carbocycles. The van der Waals surface area contributed by atoms with Crippen molar-refractivity contribution in [3.63, 3.8) is 0 Å². The maximum absolute atomic E-state index is 13.9. The van der Waals surface area contributed by atoms with E-state index >= 15 is 0 Å². The summed E-state index contributed by atoms with van der Waals surface area (Å²) in [5.41, 5.74) is -0.824. The first-order valence-corrected chi connectivity index (χ1v) is 28.5. The van der Waals surface area contributed by atoms with Crippen LogP contribution in [0.1, 0.15) is 22.8 Å². The highest BCUT2D eigenvalue weighted by atomic mass is 36.0. The van der Waals surface area contributed by atoms with E-state index in [-0.39, 0.29) is 43.9 Å². The Morgan fingerprint density at radius 3 is 1.29 bits per heavy atom. The van der Waals surface area contributed by atoms with Gasteiger partial charge in [0.1, 0.15) is 85.8 Å². The van der Waals surface area contributed by atoms with Gasteiger partial charge in [-0.1, -0.05) is 23.2 Å². The van der Waals surface area contributed by atoms with Crippen LogP contribution in [0.15, 0.2) is 107 Å². The predicted octanol–water partition coefficient (Wildman–Crippen LogP) is 15.2. The van der Waals surface area contributed by atoms with Gasteiger partial charge in [0.05, 0.1) is 74.7 Å². The van der Waals surface area contributed by atoms with Crippen molar-refractivity contribution in [2.24, 2.45) is 0 Å². The van der Waals surface area contributed by atoms with Crippen LogP contribution >= 0.6 is 62.1 Å². The molecule has 0 radical (unpaired) electrons. The van der Waals surface area contributed by atoms with Gasteiger partial charge in [-0.2, -0.15) is 15.3 Å². The third kappa shape index (κ3) is 13.4. The normalized spacial score (nSPS) is 11.3. The van der Waals surface area contributed by atoms with E-state index in [2.05, 4.69) is 74.1 Å². The minimum atomic E-state index is -3.22. The highest BCUT2D eigenvalue weighted by Crippen LogP contribution is 2.61. The molecule has 15 nitrogen and oxygen atoms in total. The van der Waals surface area contributed by atoms with E-state index in [9.17, 15) is 66.8 Å². The van der Waals surface area contributed by atoms with Crippen molar-refractivity contribution in [3.8, 4) is 44.5 Å². The molecule has 0 spiro atoms. The number of nitrogens with one attached hydrogen (secondary N) is 2. The maximum Gasteiger partial charge on any atom is 0.339 e. The molecule has 0 saturated heterocycles. The van der Waals surface area contributed by atoms with Gasteiger partial charge in [0.25, 0.3) is 11.1 Å². The van der Waals surface area contributed by atoms with Crippen LogP contribution in [0.5, 0.6) is 0 Å². The second kappa shape index (κ2) is 25.2. The standard InChI is InChI=1S/2C13H7ClF3N3.2C13H8F3N3O.Cl3OP/c1-6-11(12-8(16)4-7(15)5-9(12)17)13(14)19-10-2-3-18-20(6)10;1-6-11(12-8(16)4-7(15)5-9(12)17)13(14)20-10(19-6)2-3-18-20;1-6-11(12-8(15)4-7(14)5-9(12)16)13(20)18-10-2-3-17-19(6)10;1-6-11(12-8(15)4-7(14)5-9(12)16)13(20)19-10(18-6)2-3-17-19;1-5(2,3)4/h2*2-5H,1H3;2-5H,1H3,(H,18,20);2-5,17H,1H3;. The van der Waals surface area contributed by atoms with E-state index in [4.69, 9.17) is 23.2 Å². The molecule has 0 amide bonds. The Labute approximate surface area is 491 Å². The SMILES string of the molecule is Cc1c(-c2c(F)cc(F)cc2F)c(=O)[nH]c2ccnn12.Cc1c(-c2c(F)cc(F)cc2F)c(Cl)nc2ccnn12.Cc1nc2cc[nH]n2c(=O)c1-c1c(F)cc(F)cc1F.Cc1nc2ccnn2c(Cl)c1-c1c(F)cc(F)cc1F.O=P(Cl)(Cl)Cl. The summed E-state index contributed by atoms with van der Waals surface area (Å²) in [6.07, 6.45) is 5.88. The molecule has 0 fully saturated rings. The average Bonchev–Trinajstić information content (AvgIpc) is 2.28. The van der Waals surface area contributed by atoms with Crippen LogP contribution < -0.4 is 11.1 Å². The third-order valence-corrected chi connectivity index (χ3v) is 12.5. The number of fused-ring (bicyclic) bond motifs is 4. The molecule has 0 atom stereocenters. The Kier molecular flexibility index (Phi) is 18.6. The van der Waals surface area contributed by atoms with Gasteiger partial charge in [0.2, 0.25) is 0 Å². The minimum Gasteiger partial charge on any atom is -0.306 e. The zero-order valence-electron chi connectivity index (χ0n) is 42.8. The summed E-state index contributed by atoms with van der Waals surface area (Å²) in [5, 5.41) is 11.2. The van der Waals surface area contributed by atoms with Crippen molar-refractivity contribution in [1.29, 1.82) is 0 Å². The van der Waals surface area contributed by atoms with E-state index in [1.54, 1.807) is 38.1 Å². The molecule has 0 aliphatic rings. The fourth-order valence-corrected chi connectivity index (χ4v) is 9.21. The van der Waals surface area contributed by atoms with Gasteiger partial charge in [0, 0.05) is 90.1 Å². The van der Waals surface area contributed by atoms with Crippen LogP contribution in [-0.2, 0) is 4.57 Å². The molecule has 85 heavy (non-hydrogen) atoms. The lowest BCUT2D eigenvalue weighted by atomic mass is 10.0. The minimum absolute atomic E-state index is 0.0157. The van der Waals surface area contributed by atoms with Crippen LogP contribution in [0.3, 0.4) is 0 Å². The molecule has 12 rings (SSSR count). The Morgan fingerprint density at radius 1 is 0.447 bits per heavy atom. The first kappa shape index (κ1) is 62.8. The zero-order chi connectivity index (χ0) is 62.3. The zero-order valence-corrected chi connectivity index (χ0v) is 47.5. The molecule has 0 saturated carbocycles. The summed E-state index contributed by atoms with van der Waals surface area (Å²) in [7, 11) is 0. The quantitative estimate of drug-likeness (QED) is 0.0986. The van der Waals surface area contributed by atoms with E-state index in [1.807, 2.05) is 0 Å². The Hall–Kier alpha value is -8.20. The number of hydrogen-bond acceptors (Lipinski definition) is 9. The summed E-state index contributed by atoms with van der Waals surface area (Å²) in [5.74, 6) is -12.8. The second-order valence-corrected chi connectivity index (χ2v) is 24.7. The van der Waals surface area contributed by atoms with Gasteiger partial charge in [0.15, 0.2) is 16.9 Å². The lowest BCUT2D eigenvalue weighted by Crippen LogP contribution is -2.20. The average molecular weight is 1310 g/mol. The van der Waals surface area contributed by atoms with Crippen molar-refractivity contribution >= 4 is 84.7 Å². The van der Waals surface area contributed by atoms with Crippen molar-refractivity contribution in [1.82, 2.24) is 58.4 Å². The van der Waals surface area contributed by atoms with E-state index in [0.717, 1.165) is 4.52 Å². The first-order valence-electron chi connectivity index (χ1n) is 23.4. The monoisotopic (exact) mass is 1300 g/mol. The van der Waals surface area contributed by atoms with Gasteiger partial charge in [-0.15, -0.1) is 0 Å². The van der Waals surface area contributed by atoms with Gasteiger partial charge >= 0.3 is 5.20 Å². The summed E-state index contributed by atoms with van der Waals surface area (Å²) < 4.78 is 177. The maximum atomic E-state index is 13.9. The molecular weight excluding hydrogens is 1280 g/mol. The second-order valence-electron chi connectivity index (χ2n) is 17.4. The molecular formula is C52H30Cl5F12N12O3P. The first-order chi connectivity index (χ1) is 39.9. The highest BCUT2D eigenvalue weighted by molar-refractivity contribution is 8.24. The van der Waals surface area contributed by atoms with Gasteiger partial charge in [-0.05, 0) is 61.4 Å². The van der Waals surface area contributed by atoms with Crippen LogP contribution in [0.2, 0.25) is 10.3 Å². The lowest BCUT2D eigenvalue weighted by Gasteiger charge is -2.11. The largest absolute Gasteiger partial charge is 0.339 e. The predicted molar refractivity (Wildman–Crippen MR) is 293 cm³/mol. The number of aromatic amines is 2. The fourth-order valence-electron chi connectivity index (χ4n) is 8.53. The molecule has 0 aliphatic heterocycles. The molecule has 440 valence electrons. The topological polar surface area (TPSA) is 178 Å². The number of aryl methyl sites for hydroxylation is 4. The number of aromatic nitrogens is 12. The number of nitrogens with zero attached hydrogens (tertiary/aromatic N) is 10. The molecule has 33 heteroatoms. The van der Waals surface area contributed by atoms with Gasteiger partial charge in [-0.3, -0.25) is 19.3 Å². The van der Waals surface area contributed by atoms with Crippen molar-refractivity contribution < 1.29 is 57.3 Å². The van der Waals surface area contributed by atoms with E-state index < -0.39 is 108 Å². The summed E-state index contributed by atoms with van der Waals surface area (Å²) in [6.45, 7) is 6.14. The Bertz CT molecular complexity index is 4490. The number of H-pyrrole nitrogens is 2. The summed E-state index contributed by atoms with van der Waals surface area (Å²) in [4.78, 5) is 39.0. The third-order valence-electron chi connectivity index (χ3n) is 11.9.